The minimum absolute atomic E-state index is 0.141. The Morgan fingerprint density at radius 2 is 2.11 bits per heavy atom. The van der Waals surface area contributed by atoms with Crippen LogP contribution in [0.4, 0.5) is 0 Å². The van der Waals surface area contributed by atoms with Gasteiger partial charge in [0.25, 0.3) is 5.91 Å². The molecule has 0 atom stereocenters. The Morgan fingerprint density at radius 1 is 1.32 bits per heavy atom. The summed E-state index contributed by atoms with van der Waals surface area (Å²) in [6, 6.07) is 0. The van der Waals surface area contributed by atoms with Crippen molar-refractivity contribution in [2.75, 3.05) is 13.2 Å². The maximum Gasteiger partial charge on any atom is 0.267 e. The summed E-state index contributed by atoms with van der Waals surface area (Å²) in [4.78, 5) is 22.6. The molecule has 1 heterocycles. The number of hydrogen-bond acceptors (Lipinski definition) is 4. The number of nitrogens with one attached hydrogen (secondary N) is 2. The summed E-state index contributed by atoms with van der Waals surface area (Å²) in [5, 5.41) is 6.50. The predicted octanol–water partition coefficient (Wildman–Crippen LogP) is 0.718. The van der Waals surface area contributed by atoms with Crippen LogP contribution in [0.5, 0.6) is 0 Å². The van der Waals surface area contributed by atoms with Gasteiger partial charge in [0.1, 0.15) is 5.71 Å². The molecule has 1 aliphatic heterocycles. The van der Waals surface area contributed by atoms with Gasteiger partial charge in [-0.2, -0.15) is 5.10 Å². The van der Waals surface area contributed by atoms with Crippen molar-refractivity contribution >= 4 is 17.5 Å². The van der Waals surface area contributed by atoms with Gasteiger partial charge in [0.15, 0.2) is 0 Å². The van der Waals surface area contributed by atoms with E-state index in [0.29, 0.717) is 37.8 Å². The van der Waals surface area contributed by atoms with Crippen LogP contribution in [-0.4, -0.2) is 36.8 Å². The summed E-state index contributed by atoms with van der Waals surface area (Å²) < 4.78 is 5.71. The van der Waals surface area contributed by atoms with Crippen molar-refractivity contribution in [3.8, 4) is 0 Å². The largest absolute Gasteiger partial charge is 0.376 e. The lowest BCUT2D eigenvalue weighted by atomic mass is 9.98. The monoisotopic (exact) mass is 267 g/mol. The first-order valence-corrected chi connectivity index (χ1v) is 7.01. The van der Waals surface area contributed by atoms with Gasteiger partial charge in [0.2, 0.25) is 5.91 Å². The van der Waals surface area contributed by atoms with E-state index in [-0.39, 0.29) is 11.8 Å². The quantitative estimate of drug-likeness (QED) is 0.720. The van der Waals surface area contributed by atoms with Crippen molar-refractivity contribution < 1.29 is 14.3 Å². The third-order valence-electron chi connectivity index (χ3n) is 3.46. The number of carbonyl (C=O) groups excluding carboxylic acids is 2. The minimum Gasteiger partial charge on any atom is -0.376 e. The van der Waals surface area contributed by atoms with Crippen LogP contribution in [0.25, 0.3) is 0 Å². The zero-order valence-corrected chi connectivity index (χ0v) is 11.1. The molecule has 2 aliphatic rings. The van der Waals surface area contributed by atoms with Crippen molar-refractivity contribution in [1.29, 1.82) is 0 Å². The highest BCUT2D eigenvalue weighted by molar-refractivity contribution is 6.39. The SMILES string of the molecule is O=C1CCC(C(=O)NCCOC2CCCCC2)=NN1. The highest BCUT2D eigenvalue weighted by Crippen LogP contribution is 2.19. The molecule has 6 nitrogen and oxygen atoms in total. The van der Waals surface area contributed by atoms with E-state index in [1.807, 2.05) is 0 Å². The van der Waals surface area contributed by atoms with Crippen LogP contribution in [0.15, 0.2) is 5.10 Å². The van der Waals surface area contributed by atoms with Gasteiger partial charge in [-0.1, -0.05) is 19.3 Å². The van der Waals surface area contributed by atoms with Gasteiger partial charge in [0.05, 0.1) is 12.7 Å². The van der Waals surface area contributed by atoms with Gasteiger partial charge in [-0.3, -0.25) is 9.59 Å². The number of ether oxygens (including phenoxy) is 1. The fourth-order valence-corrected chi connectivity index (χ4v) is 2.36. The Morgan fingerprint density at radius 3 is 2.79 bits per heavy atom. The smallest absolute Gasteiger partial charge is 0.267 e. The highest BCUT2D eigenvalue weighted by Gasteiger charge is 2.18. The zero-order chi connectivity index (χ0) is 13.5. The van der Waals surface area contributed by atoms with Crippen LogP contribution in [0.1, 0.15) is 44.9 Å². The maximum absolute atomic E-state index is 11.7. The first-order chi connectivity index (χ1) is 9.25. The molecule has 2 rings (SSSR count). The number of amides is 2. The number of hydrogen-bond donors (Lipinski definition) is 2. The summed E-state index contributed by atoms with van der Waals surface area (Å²) in [6.45, 7) is 1.03. The molecule has 0 aromatic carbocycles. The summed E-state index contributed by atoms with van der Waals surface area (Å²) in [5.74, 6) is -0.357. The fourth-order valence-electron chi connectivity index (χ4n) is 2.36. The van der Waals surface area contributed by atoms with Crippen molar-refractivity contribution in [1.82, 2.24) is 10.7 Å². The number of nitrogens with zero attached hydrogens (tertiary/aromatic N) is 1. The Kier molecular flexibility index (Phi) is 5.32. The van der Waals surface area contributed by atoms with Crippen LogP contribution in [0.2, 0.25) is 0 Å². The van der Waals surface area contributed by atoms with Gasteiger partial charge in [0, 0.05) is 19.4 Å². The van der Waals surface area contributed by atoms with E-state index < -0.39 is 0 Å². The first-order valence-electron chi connectivity index (χ1n) is 7.01. The third-order valence-corrected chi connectivity index (χ3v) is 3.46. The lowest BCUT2D eigenvalue weighted by Gasteiger charge is -2.22. The van der Waals surface area contributed by atoms with E-state index in [4.69, 9.17) is 4.74 Å². The molecule has 0 unspecified atom stereocenters. The molecule has 0 spiro atoms. The number of rotatable bonds is 5. The summed E-state index contributed by atoms with van der Waals surface area (Å²) in [7, 11) is 0. The standard InChI is InChI=1S/C13H21N3O3/c17-12-7-6-11(15-16-12)13(18)14-8-9-19-10-4-2-1-3-5-10/h10H,1-9H2,(H,14,18)(H,16,17). The van der Waals surface area contributed by atoms with Gasteiger partial charge in [-0.15, -0.1) is 0 Å². The van der Waals surface area contributed by atoms with Crippen molar-refractivity contribution in [3.63, 3.8) is 0 Å². The Bertz CT molecular complexity index is 362. The molecule has 0 saturated heterocycles. The normalized spacial score (nSPS) is 20.6. The molecule has 19 heavy (non-hydrogen) atoms. The molecule has 0 bridgehead atoms. The molecule has 2 N–H and O–H groups in total. The van der Waals surface area contributed by atoms with Crippen LogP contribution in [-0.2, 0) is 14.3 Å². The first kappa shape index (κ1) is 14.0. The molecule has 1 fully saturated rings. The van der Waals surface area contributed by atoms with Crippen molar-refractivity contribution in [2.24, 2.45) is 5.10 Å². The summed E-state index contributed by atoms with van der Waals surface area (Å²) >= 11 is 0. The molecular weight excluding hydrogens is 246 g/mol. The van der Waals surface area contributed by atoms with Gasteiger partial charge < -0.3 is 10.1 Å². The molecular formula is C13H21N3O3. The molecule has 106 valence electrons. The Hall–Kier alpha value is -1.43. The average molecular weight is 267 g/mol. The third kappa shape index (κ3) is 4.63. The Labute approximate surface area is 113 Å². The van der Waals surface area contributed by atoms with E-state index in [9.17, 15) is 9.59 Å². The number of hydrazone groups is 1. The Balaban J connectivity index is 1.60. The van der Waals surface area contributed by atoms with Crippen LogP contribution >= 0.6 is 0 Å². The van der Waals surface area contributed by atoms with E-state index in [1.54, 1.807) is 0 Å². The van der Waals surface area contributed by atoms with E-state index in [1.165, 1.54) is 19.3 Å². The van der Waals surface area contributed by atoms with E-state index >= 15 is 0 Å². The number of carbonyl (C=O) groups is 2. The highest BCUT2D eigenvalue weighted by atomic mass is 16.5. The molecule has 0 aromatic rings. The zero-order valence-electron chi connectivity index (χ0n) is 11.1. The van der Waals surface area contributed by atoms with Gasteiger partial charge in [-0.25, -0.2) is 5.43 Å². The molecule has 1 aliphatic carbocycles. The van der Waals surface area contributed by atoms with Crippen molar-refractivity contribution in [3.05, 3.63) is 0 Å². The molecule has 1 saturated carbocycles. The lowest BCUT2D eigenvalue weighted by Crippen LogP contribution is -2.38. The molecule has 0 radical (unpaired) electrons. The molecule has 0 aromatic heterocycles. The van der Waals surface area contributed by atoms with Crippen LogP contribution < -0.4 is 10.7 Å². The topological polar surface area (TPSA) is 79.8 Å². The molecule has 6 heteroatoms. The second kappa shape index (κ2) is 7.23. The minimum atomic E-state index is -0.216. The average Bonchev–Trinajstić information content (AvgIpc) is 2.45. The van der Waals surface area contributed by atoms with Gasteiger partial charge >= 0.3 is 0 Å². The van der Waals surface area contributed by atoms with E-state index in [0.717, 1.165) is 12.8 Å². The second-order valence-electron chi connectivity index (χ2n) is 4.98. The van der Waals surface area contributed by atoms with Crippen molar-refractivity contribution in [2.45, 2.75) is 51.0 Å². The lowest BCUT2D eigenvalue weighted by molar-refractivity contribution is -0.121. The van der Waals surface area contributed by atoms with Crippen LogP contribution in [0.3, 0.4) is 0 Å². The summed E-state index contributed by atoms with van der Waals surface area (Å²) in [6.07, 6.45) is 7.14. The second-order valence-corrected chi connectivity index (χ2v) is 4.98. The van der Waals surface area contributed by atoms with Crippen LogP contribution in [0, 0.1) is 0 Å². The molecule has 2 amide bonds. The van der Waals surface area contributed by atoms with E-state index in [2.05, 4.69) is 15.8 Å². The van der Waals surface area contributed by atoms with Gasteiger partial charge in [-0.05, 0) is 12.8 Å². The fraction of sp³-hybridized carbons (Fsp3) is 0.769. The maximum atomic E-state index is 11.7. The summed E-state index contributed by atoms with van der Waals surface area (Å²) in [5.41, 5.74) is 2.70. The predicted molar refractivity (Wildman–Crippen MR) is 70.6 cm³/mol.